The minimum absolute atomic E-state index is 0.00797. The van der Waals surface area contributed by atoms with Crippen molar-refractivity contribution in [3.05, 3.63) is 57.4 Å². The second-order valence-corrected chi connectivity index (χ2v) is 11.7. The molecule has 180 valence electrons. The van der Waals surface area contributed by atoms with Crippen LogP contribution in [0.2, 0.25) is 5.02 Å². The summed E-state index contributed by atoms with van der Waals surface area (Å²) >= 11 is 7.24. The van der Waals surface area contributed by atoms with E-state index in [1.54, 1.807) is 23.1 Å². The molecule has 3 aromatic rings. The number of carbonyl (C=O) groups excluding carboxylic acids is 1. The number of aromatic nitrogens is 1. The summed E-state index contributed by atoms with van der Waals surface area (Å²) in [6, 6.07) is 9.18. The molecule has 1 amide bonds. The van der Waals surface area contributed by atoms with E-state index < -0.39 is 27.8 Å². The standard InChI is InChI=1S/C22H19ClF3N3O3S2/c1-12-18(19-4-3-16(9-27-19)29-10-13(11-29)22(24,25)26)8-20(33-12)21(30)28-15-5-14(23)6-17(7-15)34(2,31)32/h3-9,13H,10-11H2,1-2H3,(H,28,30). The number of nitrogens with zero attached hydrogens (tertiary/aromatic N) is 2. The van der Waals surface area contributed by atoms with Crippen molar-refractivity contribution < 1.29 is 26.4 Å². The minimum Gasteiger partial charge on any atom is -0.369 e. The number of carbonyl (C=O) groups is 1. The van der Waals surface area contributed by atoms with Gasteiger partial charge in [0.25, 0.3) is 5.91 Å². The number of nitrogens with one attached hydrogen (secondary N) is 1. The Bertz CT molecular complexity index is 1350. The molecule has 2 aromatic heterocycles. The Morgan fingerprint density at radius 1 is 1.21 bits per heavy atom. The van der Waals surface area contributed by atoms with Gasteiger partial charge < -0.3 is 10.2 Å². The molecule has 0 bridgehead atoms. The van der Waals surface area contributed by atoms with E-state index in [9.17, 15) is 26.4 Å². The average molecular weight is 530 g/mol. The van der Waals surface area contributed by atoms with Gasteiger partial charge in [0.05, 0.1) is 33.3 Å². The molecular weight excluding hydrogens is 511 g/mol. The summed E-state index contributed by atoms with van der Waals surface area (Å²) in [5.74, 6) is -1.75. The quantitative estimate of drug-likeness (QED) is 0.477. The molecule has 1 fully saturated rings. The molecule has 6 nitrogen and oxygen atoms in total. The van der Waals surface area contributed by atoms with Crippen molar-refractivity contribution in [2.75, 3.05) is 29.6 Å². The third-order valence-electron chi connectivity index (χ3n) is 5.43. The topological polar surface area (TPSA) is 79.4 Å². The Hall–Kier alpha value is -2.63. The molecule has 3 heterocycles. The van der Waals surface area contributed by atoms with Crippen molar-refractivity contribution in [1.29, 1.82) is 0 Å². The fraction of sp³-hybridized carbons (Fsp3) is 0.273. The van der Waals surface area contributed by atoms with Crippen molar-refractivity contribution >= 4 is 50.1 Å². The molecule has 0 unspecified atom stereocenters. The smallest absolute Gasteiger partial charge is 0.369 e. The maximum atomic E-state index is 12.8. The van der Waals surface area contributed by atoms with Crippen molar-refractivity contribution in [2.24, 2.45) is 5.92 Å². The van der Waals surface area contributed by atoms with Crippen molar-refractivity contribution in [2.45, 2.75) is 18.0 Å². The number of hydrogen-bond acceptors (Lipinski definition) is 6. The molecule has 1 N–H and O–H groups in total. The number of alkyl halides is 3. The lowest BCUT2D eigenvalue weighted by atomic mass is 9.99. The lowest BCUT2D eigenvalue weighted by Crippen LogP contribution is -2.53. The molecule has 12 heteroatoms. The van der Waals surface area contributed by atoms with Crippen LogP contribution < -0.4 is 10.2 Å². The number of sulfone groups is 1. The normalized spacial score (nSPS) is 14.7. The largest absolute Gasteiger partial charge is 0.395 e. The summed E-state index contributed by atoms with van der Waals surface area (Å²) in [6.07, 6.45) is -1.61. The van der Waals surface area contributed by atoms with Gasteiger partial charge in [-0.1, -0.05) is 11.6 Å². The number of aryl methyl sites for hydroxylation is 1. The van der Waals surface area contributed by atoms with Crippen LogP contribution in [0.1, 0.15) is 14.5 Å². The van der Waals surface area contributed by atoms with Gasteiger partial charge in [-0.25, -0.2) is 8.42 Å². The summed E-state index contributed by atoms with van der Waals surface area (Å²) < 4.78 is 61.8. The van der Waals surface area contributed by atoms with Crippen LogP contribution >= 0.6 is 22.9 Å². The molecule has 0 saturated carbocycles. The predicted octanol–water partition coefficient (Wildman–Crippen LogP) is 5.43. The van der Waals surface area contributed by atoms with Gasteiger partial charge in [0.2, 0.25) is 0 Å². The Kier molecular flexibility index (Phi) is 6.38. The van der Waals surface area contributed by atoms with E-state index in [-0.39, 0.29) is 28.7 Å². The Morgan fingerprint density at radius 2 is 1.91 bits per heavy atom. The molecule has 1 aromatic carbocycles. The first-order valence-corrected chi connectivity index (χ1v) is 13.1. The third-order valence-corrected chi connectivity index (χ3v) is 7.79. The van der Waals surface area contributed by atoms with E-state index >= 15 is 0 Å². The number of thiophene rings is 1. The lowest BCUT2D eigenvalue weighted by Gasteiger charge is -2.41. The molecule has 1 aliphatic rings. The summed E-state index contributed by atoms with van der Waals surface area (Å²) in [6.45, 7) is 1.66. The average Bonchev–Trinajstić information content (AvgIpc) is 3.07. The number of halogens is 4. The first-order valence-electron chi connectivity index (χ1n) is 10.0. The number of anilines is 2. The highest BCUT2D eigenvalue weighted by atomic mass is 35.5. The van der Waals surface area contributed by atoms with Crippen molar-refractivity contribution in [3.8, 4) is 11.3 Å². The van der Waals surface area contributed by atoms with Crippen LogP contribution in [0.5, 0.6) is 0 Å². The maximum Gasteiger partial charge on any atom is 0.395 e. The van der Waals surface area contributed by atoms with Crippen LogP contribution in [-0.2, 0) is 9.84 Å². The van der Waals surface area contributed by atoms with Crippen LogP contribution in [0.25, 0.3) is 11.3 Å². The number of benzene rings is 1. The molecule has 0 aliphatic carbocycles. The monoisotopic (exact) mass is 529 g/mol. The van der Waals surface area contributed by atoms with E-state index in [1.165, 1.54) is 35.7 Å². The molecule has 0 spiro atoms. The number of hydrogen-bond donors (Lipinski definition) is 1. The predicted molar refractivity (Wildman–Crippen MR) is 127 cm³/mol. The van der Waals surface area contributed by atoms with Gasteiger partial charge in [-0.3, -0.25) is 9.78 Å². The van der Waals surface area contributed by atoms with E-state index in [4.69, 9.17) is 11.6 Å². The molecule has 4 rings (SSSR count). The zero-order valence-electron chi connectivity index (χ0n) is 18.0. The summed E-state index contributed by atoms with van der Waals surface area (Å²) in [4.78, 5) is 20.0. The maximum absolute atomic E-state index is 12.8. The summed E-state index contributed by atoms with van der Waals surface area (Å²) in [5.41, 5.74) is 2.17. The highest BCUT2D eigenvalue weighted by Crippen LogP contribution is 2.37. The molecule has 34 heavy (non-hydrogen) atoms. The van der Waals surface area contributed by atoms with Crippen molar-refractivity contribution in [1.82, 2.24) is 4.98 Å². The van der Waals surface area contributed by atoms with Crippen LogP contribution in [0.15, 0.2) is 47.5 Å². The Balaban J connectivity index is 1.49. The SMILES string of the molecule is Cc1sc(C(=O)Nc2cc(Cl)cc(S(C)(=O)=O)c2)cc1-c1ccc(N2CC(C(F)(F)F)C2)cn1. The molecule has 0 atom stereocenters. The van der Waals surface area contributed by atoms with Gasteiger partial charge in [-0.05, 0) is 43.3 Å². The van der Waals surface area contributed by atoms with Gasteiger partial charge in [-0.15, -0.1) is 11.3 Å². The van der Waals surface area contributed by atoms with E-state index in [2.05, 4.69) is 10.3 Å². The second-order valence-electron chi connectivity index (χ2n) is 8.03. The van der Waals surface area contributed by atoms with Crippen LogP contribution in [-0.4, -0.2) is 44.8 Å². The number of pyridine rings is 1. The second kappa shape index (κ2) is 8.86. The minimum atomic E-state index is -4.19. The molecule has 1 saturated heterocycles. The first-order chi connectivity index (χ1) is 15.8. The lowest BCUT2D eigenvalue weighted by molar-refractivity contribution is -0.180. The van der Waals surface area contributed by atoms with Crippen LogP contribution in [0, 0.1) is 12.8 Å². The van der Waals surface area contributed by atoms with Gasteiger partial charge in [0.15, 0.2) is 9.84 Å². The van der Waals surface area contributed by atoms with Gasteiger partial charge in [0.1, 0.15) is 0 Å². The Morgan fingerprint density at radius 3 is 2.50 bits per heavy atom. The van der Waals surface area contributed by atoms with E-state index in [1.807, 2.05) is 6.92 Å². The molecular formula is C22H19ClF3N3O3S2. The fourth-order valence-electron chi connectivity index (χ4n) is 3.52. The zero-order chi connectivity index (χ0) is 24.8. The molecule has 1 aliphatic heterocycles. The van der Waals surface area contributed by atoms with Crippen LogP contribution in [0.4, 0.5) is 24.5 Å². The van der Waals surface area contributed by atoms with Gasteiger partial charge in [-0.2, -0.15) is 13.2 Å². The highest BCUT2D eigenvalue weighted by Gasteiger charge is 2.47. The Labute approximate surface area is 203 Å². The molecule has 0 radical (unpaired) electrons. The first kappa shape index (κ1) is 24.5. The van der Waals surface area contributed by atoms with Crippen molar-refractivity contribution in [3.63, 3.8) is 0 Å². The van der Waals surface area contributed by atoms with E-state index in [0.717, 1.165) is 16.7 Å². The zero-order valence-corrected chi connectivity index (χ0v) is 20.4. The summed E-state index contributed by atoms with van der Waals surface area (Å²) in [5, 5.41) is 2.84. The van der Waals surface area contributed by atoms with Crippen LogP contribution in [0.3, 0.4) is 0 Å². The number of amides is 1. The highest BCUT2D eigenvalue weighted by molar-refractivity contribution is 7.90. The summed E-state index contributed by atoms with van der Waals surface area (Å²) in [7, 11) is -3.51. The number of rotatable bonds is 5. The fourth-order valence-corrected chi connectivity index (χ4v) is 5.42. The van der Waals surface area contributed by atoms with Gasteiger partial charge in [0, 0.05) is 40.5 Å². The van der Waals surface area contributed by atoms with Gasteiger partial charge >= 0.3 is 6.18 Å². The third kappa shape index (κ3) is 5.21. The van der Waals surface area contributed by atoms with E-state index in [0.29, 0.717) is 16.3 Å².